The van der Waals surface area contributed by atoms with E-state index in [2.05, 4.69) is 16.8 Å². The molecule has 1 aromatic carbocycles. The second-order valence-corrected chi connectivity index (χ2v) is 10.1. The van der Waals surface area contributed by atoms with Gasteiger partial charge in [0.05, 0.1) is 12.5 Å². The molecular weight excluding hydrogens is 439 g/mol. The van der Waals surface area contributed by atoms with Gasteiger partial charge in [-0.25, -0.2) is 4.39 Å². The van der Waals surface area contributed by atoms with Crippen LogP contribution in [-0.2, 0) is 14.3 Å². The van der Waals surface area contributed by atoms with E-state index in [0.717, 1.165) is 57.5 Å². The van der Waals surface area contributed by atoms with Gasteiger partial charge < -0.3 is 25.2 Å². The fraction of sp³-hybridized carbons (Fsp3) is 0.640. The van der Waals surface area contributed by atoms with Crippen LogP contribution in [0.2, 0.25) is 0 Å². The van der Waals surface area contributed by atoms with E-state index in [1.54, 1.807) is 6.07 Å². The van der Waals surface area contributed by atoms with Crippen molar-refractivity contribution in [3.8, 4) is 0 Å². The molecule has 3 heterocycles. The first-order valence-corrected chi connectivity index (χ1v) is 12.3. The molecule has 0 unspecified atom stereocenters. The van der Waals surface area contributed by atoms with E-state index < -0.39 is 30.1 Å². The zero-order valence-electron chi connectivity index (χ0n) is 19.6. The normalized spacial score (nSPS) is 29.0. The lowest BCUT2D eigenvalue weighted by atomic mass is 9.80. The van der Waals surface area contributed by atoms with E-state index in [1.165, 1.54) is 4.90 Å². The first kappa shape index (κ1) is 23.2. The van der Waals surface area contributed by atoms with Crippen molar-refractivity contribution in [3.63, 3.8) is 0 Å². The summed E-state index contributed by atoms with van der Waals surface area (Å²) in [7, 11) is 2.09. The Kier molecular flexibility index (Phi) is 6.33. The Labute approximate surface area is 199 Å². The number of piperazine rings is 1. The Balaban J connectivity index is 1.54. The van der Waals surface area contributed by atoms with Gasteiger partial charge in [0.2, 0.25) is 11.8 Å². The van der Waals surface area contributed by atoms with E-state index in [0.29, 0.717) is 11.1 Å². The second-order valence-electron chi connectivity index (χ2n) is 10.1. The number of carbonyl (C=O) groups excluding carboxylic acids is 3. The largest absolute Gasteiger partial charge is 0.369 e. The topological polar surface area (TPSA) is 96.2 Å². The standard InChI is InChI=1S/C25H33FN4O4/c1-28-8-10-29(11-9-28)16-6-7-17(24(27)32)18(12-16)21(15-4-2-3-5-15)25(33)30-13-19(26)23-22(30)20(31)14-34-23/h6-7,12,15,19,21-23H,2-5,8-11,13-14H2,1H3,(H2,27,32)/t19-,21+,22-,23-/m1/s1. The van der Waals surface area contributed by atoms with Crippen LogP contribution in [0.3, 0.4) is 0 Å². The fourth-order valence-corrected chi connectivity index (χ4v) is 6.18. The molecule has 5 rings (SSSR count). The summed E-state index contributed by atoms with van der Waals surface area (Å²) < 4.78 is 20.1. The molecule has 2 amide bonds. The van der Waals surface area contributed by atoms with Gasteiger partial charge in [0.15, 0.2) is 5.78 Å². The van der Waals surface area contributed by atoms with Crippen LogP contribution >= 0.6 is 0 Å². The Bertz CT molecular complexity index is 974. The van der Waals surface area contributed by atoms with Crippen molar-refractivity contribution in [2.75, 3.05) is 51.3 Å². The van der Waals surface area contributed by atoms with E-state index in [9.17, 15) is 18.8 Å². The number of primary amides is 1. The van der Waals surface area contributed by atoms with Crippen molar-refractivity contribution in [3.05, 3.63) is 29.3 Å². The second kappa shape index (κ2) is 9.26. The van der Waals surface area contributed by atoms with Crippen LogP contribution in [0.15, 0.2) is 18.2 Å². The molecule has 4 atom stereocenters. The molecule has 9 heteroatoms. The van der Waals surface area contributed by atoms with Crippen molar-refractivity contribution in [1.29, 1.82) is 0 Å². The molecule has 0 aromatic heterocycles. The average molecular weight is 473 g/mol. The van der Waals surface area contributed by atoms with Crippen LogP contribution in [0, 0.1) is 5.92 Å². The van der Waals surface area contributed by atoms with Crippen LogP contribution < -0.4 is 10.6 Å². The summed E-state index contributed by atoms with van der Waals surface area (Å²) in [5.41, 5.74) is 7.64. The number of nitrogens with zero attached hydrogens (tertiary/aromatic N) is 3. The van der Waals surface area contributed by atoms with Crippen molar-refractivity contribution in [2.24, 2.45) is 11.7 Å². The van der Waals surface area contributed by atoms with Gasteiger partial charge in [-0.05, 0) is 49.6 Å². The van der Waals surface area contributed by atoms with Crippen molar-refractivity contribution < 1.29 is 23.5 Å². The van der Waals surface area contributed by atoms with Crippen molar-refractivity contribution in [2.45, 2.75) is 49.9 Å². The lowest BCUT2D eigenvalue weighted by Crippen LogP contribution is -2.46. The zero-order chi connectivity index (χ0) is 24.0. The third kappa shape index (κ3) is 4.09. The molecule has 1 aromatic rings. The summed E-state index contributed by atoms with van der Waals surface area (Å²) in [4.78, 5) is 44.9. The number of carbonyl (C=O) groups is 3. The predicted molar refractivity (Wildman–Crippen MR) is 125 cm³/mol. The Morgan fingerprint density at radius 1 is 1.15 bits per heavy atom. The number of ether oxygens (including phenoxy) is 1. The number of halogens is 1. The van der Waals surface area contributed by atoms with Gasteiger partial charge >= 0.3 is 0 Å². The van der Waals surface area contributed by atoms with Crippen LogP contribution in [0.1, 0.15) is 47.5 Å². The number of amides is 2. The molecule has 2 N–H and O–H groups in total. The minimum Gasteiger partial charge on any atom is -0.369 e. The molecule has 4 aliphatic rings. The summed E-state index contributed by atoms with van der Waals surface area (Å²) in [6, 6.07) is 4.65. The van der Waals surface area contributed by atoms with Crippen LogP contribution in [-0.4, -0.2) is 92.1 Å². The minimum atomic E-state index is -1.39. The SMILES string of the molecule is CN1CCN(c2ccc(C(N)=O)c([C@@H](C(=O)N3C[C@@H](F)[C@H]4OCC(=O)[C@H]43)C3CCCC3)c2)CC1. The molecule has 3 saturated heterocycles. The first-order valence-electron chi connectivity index (χ1n) is 12.3. The highest BCUT2D eigenvalue weighted by Gasteiger charge is 2.54. The van der Waals surface area contributed by atoms with E-state index >= 15 is 0 Å². The fourth-order valence-electron chi connectivity index (χ4n) is 6.18. The number of benzene rings is 1. The van der Waals surface area contributed by atoms with Crippen molar-refractivity contribution >= 4 is 23.3 Å². The van der Waals surface area contributed by atoms with Gasteiger partial charge in [0.1, 0.15) is 24.9 Å². The number of nitrogens with two attached hydrogens (primary N) is 1. The van der Waals surface area contributed by atoms with Gasteiger partial charge in [-0.3, -0.25) is 14.4 Å². The maximum atomic E-state index is 14.7. The molecule has 1 saturated carbocycles. The lowest BCUT2D eigenvalue weighted by Gasteiger charge is -2.35. The number of likely N-dealkylation sites (tertiary alicyclic amines) is 1. The summed E-state index contributed by atoms with van der Waals surface area (Å²) in [5, 5.41) is 0. The van der Waals surface area contributed by atoms with Crippen molar-refractivity contribution in [1.82, 2.24) is 9.80 Å². The van der Waals surface area contributed by atoms with Gasteiger partial charge in [-0.15, -0.1) is 0 Å². The smallest absolute Gasteiger partial charge is 0.249 e. The monoisotopic (exact) mass is 472 g/mol. The Morgan fingerprint density at radius 3 is 2.53 bits per heavy atom. The van der Waals surface area contributed by atoms with Gasteiger partial charge in [0.25, 0.3) is 0 Å². The molecule has 0 radical (unpaired) electrons. The van der Waals surface area contributed by atoms with E-state index in [4.69, 9.17) is 10.5 Å². The third-order valence-corrected chi connectivity index (χ3v) is 8.05. The van der Waals surface area contributed by atoms with Crippen LogP contribution in [0.25, 0.3) is 0 Å². The number of hydrogen-bond donors (Lipinski definition) is 1. The molecule has 0 spiro atoms. The number of ketones is 1. The maximum Gasteiger partial charge on any atom is 0.249 e. The van der Waals surface area contributed by atoms with E-state index in [-0.39, 0.29) is 30.8 Å². The number of Topliss-reactive ketones (excluding diaryl/α,β-unsaturated/α-hetero) is 1. The lowest BCUT2D eigenvalue weighted by molar-refractivity contribution is -0.138. The number of hydrogen-bond acceptors (Lipinski definition) is 6. The zero-order valence-corrected chi connectivity index (χ0v) is 19.6. The Morgan fingerprint density at radius 2 is 1.85 bits per heavy atom. The number of likely N-dealkylation sites (N-methyl/N-ethyl adjacent to an activating group) is 1. The number of alkyl halides is 1. The van der Waals surface area contributed by atoms with Crippen LogP contribution in [0.5, 0.6) is 0 Å². The summed E-state index contributed by atoms with van der Waals surface area (Å²) in [5.74, 6) is -1.76. The minimum absolute atomic E-state index is 0.0165. The molecular formula is C25H33FN4O4. The predicted octanol–water partition coefficient (Wildman–Crippen LogP) is 1.33. The molecule has 3 aliphatic heterocycles. The molecule has 1 aliphatic carbocycles. The molecule has 34 heavy (non-hydrogen) atoms. The number of anilines is 1. The number of rotatable bonds is 5. The van der Waals surface area contributed by atoms with Gasteiger partial charge in [-0.2, -0.15) is 0 Å². The maximum absolute atomic E-state index is 14.7. The first-order chi connectivity index (χ1) is 16.3. The highest BCUT2D eigenvalue weighted by Crippen LogP contribution is 2.43. The molecule has 4 fully saturated rings. The number of fused-ring (bicyclic) bond motifs is 1. The van der Waals surface area contributed by atoms with E-state index in [1.807, 2.05) is 12.1 Å². The summed E-state index contributed by atoms with van der Waals surface area (Å²) in [6.45, 7) is 3.22. The van der Waals surface area contributed by atoms with Gasteiger partial charge in [-0.1, -0.05) is 12.8 Å². The molecule has 8 nitrogen and oxygen atoms in total. The third-order valence-electron chi connectivity index (χ3n) is 8.05. The summed E-state index contributed by atoms with van der Waals surface area (Å²) in [6.07, 6.45) is 1.40. The quantitative estimate of drug-likeness (QED) is 0.695. The average Bonchev–Trinajstić information content (AvgIpc) is 3.55. The summed E-state index contributed by atoms with van der Waals surface area (Å²) >= 11 is 0. The Hall–Kier alpha value is -2.52. The van der Waals surface area contributed by atoms with Gasteiger partial charge in [0, 0.05) is 37.4 Å². The molecule has 0 bridgehead atoms. The molecule has 184 valence electrons. The highest BCUT2D eigenvalue weighted by molar-refractivity contribution is 5.99. The van der Waals surface area contributed by atoms with Crippen LogP contribution in [0.4, 0.5) is 10.1 Å². The highest BCUT2D eigenvalue weighted by atomic mass is 19.1.